The summed E-state index contributed by atoms with van der Waals surface area (Å²) < 4.78 is 40.8. The molecule has 1 aliphatic heterocycles. The Morgan fingerprint density at radius 3 is 2.37 bits per heavy atom. The number of aliphatic hydroxyl groups is 1. The molecular formula is C20H23F3N2O2. The van der Waals surface area contributed by atoms with Crippen LogP contribution in [-0.2, 0) is 0 Å². The van der Waals surface area contributed by atoms with E-state index in [9.17, 15) is 18.3 Å². The van der Waals surface area contributed by atoms with Gasteiger partial charge in [-0.2, -0.15) is 0 Å². The first kappa shape index (κ1) is 20.8. The van der Waals surface area contributed by atoms with Crippen LogP contribution in [0.2, 0.25) is 0 Å². The number of aryl methyl sites for hydroxylation is 1. The maximum atomic E-state index is 12.3. The number of fused-ring (bicyclic) bond motifs is 1. The van der Waals surface area contributed by atoms with E-state index in [0.29, 0.717) is 12.2 Å². The molecule has 0 fully saturated rings. The van der Waals surface area contributed by atoms with Crippen LogP contribution in [0.15, 0.2) is 35.3 Å². The van der Waals surface area contributed by atoms with E-state index in [2.05, 4.69) is 15.0 Å². The molecule has 1 unspecified atom stereocenters. The minimum absolute atomic E-state index is 0.270. The van der Waals surface area contributed by atoms with Crippen molar-refractivity contribution in [3.63, 3.8) is 0 Å². The number of rotatable bonds is 3. The number of halogens is 3. The highest BCUT2D eigenvalue weighted by Crippen LogP contribution is 2.44. The number of anilines is 1. The second-order valence-electron chi connectivity index (χ2n) is 5.82. The maximum Gasteiger partial charge on any atom is 0.573 e. The Hall–Kier alpha value is -2.54. The molecule has 2 aromatic rings. The number of hydrogen-bond acceptors (Lipinski definition) is 4. The Labute approximate surface area is 156 Å². The monoisotopic (exact) mass is 380 g/mol. The van der Waals surface area contributed by atoms with Crippen molar-refractivity contribution in [1.82, 2.24) is 0 Å². The maximum absolute atomic E-state index is 12.3. The first-order chi connectivity index (χ1) is 12.8. The largest absolute Gasteiger partial charge is 0.573 e. The molecule has 0 spiro atoms. The number of ether oxygens (including phenoxy) is 1. The van der Waals surface area contributed by atoms with Gasteiger partial charge in [0.1, 0.15) is 5.75 Å². The van der Waals surface area contributed by atoms with Crippen molar-refractivity contribution in [3.05, 3.63) is 41.5 Å². The van der Waals surface area contributed by atoms with Gasteiger partial charge in [-0.25, -0.2) is 0 Å². The van der Waals surface area contributed by atoms with Gasteiger partial charge in [-0.1, -0.05) is 26.0 Å². The molecule has 1 atom stereocenters. The van der Waals surface area contributed by atoms with Crippen molar-refractivity contribution < 1.29 is 23.0 Å². The van der Waals surface area contributed by atoms with Crippen molar-refractivity contribution in [3.8, 4) is 16.9 Å². The van der Waals surface area contributed by atoms with Crippen molar-refractivity contribution in [1.29, 1.82) is 0 Å². The van der Waals surface area contributed by atoms with Gasteiger partial charge in [0, 0.05) is 17.3 Å². The highest BCUT2D eigenvalue weighted by molar-refractivity contribution is 5.93. The number of aliphatic imine (C=N–C) groups is 1. The fourth-order valence-corrected chi connectivity index (χ4v) is 3.00. The lowest BCUT2D eigenvalue weighted by Crippen LogP contribution is -2.17. The van der Waals surface area contributed by atoms with E-state index in [1.54, 1.807) is 25.3 Å². The zero-order valence-electron chi connectivity index (χ0n) is 15.7. The average molecular weight is 380 g/mol. The number of alkyl halides is 3. The van der Waals surface area contributed by atoms with Crippen molar-refractivity contribution >= 4 is 17.6 Å². The SMILES string of the molecule is CC.Cc1cc(-c2ccc(OC(F)(F)F)cc2)c2c(c1C(C)O)N=CCN2. The first-order valence-electron chi connectivity index (χ1n) is 8.74. The highest BCUT2D eigenvalue weighted by Gasteiger charge is 2.31. The Bertz CT molecular complexity index is 813. The van der Waals surface area contributed by atoms with Crippen molar-refractivity contribution in [2.24, 2.45) is 4.99 Å². The van der Waals surface area contributed by atoms with Crippen LogP contribution in [0.25, 0.3) is 11.1 Å². The summed E-state index contributed by atoms with van der Waals surface area (Å²) in [6.07, 6.45) is -3.67. The van der Waals surface area contributed by atoms with Gasteiger partial charge >= 0.3 is 6.36 Å². The van der Waals surface area contributed by atoms with Crippen molar-refractivity contribution in [2.75, 3.05) is 11.9 Å². The molecule has 4 nitrogen and oxygen atoms in total. The molecule has 2 aromatic carbocycles. The summed E-state index contributed by atoms with van der Waals surface area (Å²) in [7, 11) is 0. The predicted molar refractivity (Wildman–Crippen MR) is 102 cm³/mol. The molecule has 2 N–H and O–H groups in total. The standard InChI is InChI=1S/C18H17F3N2O2.C2H6/c1-10-9-14(12-3-5-13(6-4-12)25-18(19,20)21)16-17(15(10)11(2)24)23-8-7-22-16;1-2/h3-6,8-9,11,22,24H,7H2,1-2H3;1-2H3. The molecule has 0 aromatic heterocycles. The lowest BCUT2D eigenvalue weighted by atomic mass is 9.93. The van der Waals surface area contributed by atoms with Crippen molar-refractivity contribution in [2.45, 2.75) is 40.2 Å². The molecule has 146 valence electrons. The van der Waals surface area contributed by atoms with E-state index in [1.165, 1.54) is 12.1 Å². The minimum atomic E-state index is -4.72. The topological polar surface area (TPSA) is 53.9 Å². The van der Waals surface area contributed by atoms with Gasteiger partial charge in [-0.15, -0.1) is 13.2 Å². The molecule has 0 radical (unpaired) electrons. The summed E-state index contributed by atoms with van der Waals surface area (Å²) in [5, 5.41) is 13.3. The lowest BCUT2D eigenvalue weighted by molar-refractivity contribution is -0.274. The fraction of sp³-hybridized carbons (Fsp3) is 0.350. The molecule has 7 heteroatoms. The molecule has 0 bridgehead atoms. The Morgan fingerprint density at radius 2 is 1.81 bits per heavy atom. The molecule has 1 heterocycles. The van der Waals surface area contributed by atoms with Gasteiger partial charge in [0.2, 0.25) is 0 Å². The number of aliphatic hydroxyl groups excluding tert-OH is 1. The van der Waals surface area contributed by atoms with E-state index < -0.39 is 12.5 Å². The number of nitrogens with one attached hydrogen (secondary N) is 1. The Morgan fingerprint density at radius 1 is 1.19 bits per heavy atom. The van der Waals surface area contributed by atoms with Crippen LogP contribution in [0.3, 0.4) is 0 Å². The van der Waals surface area contributed by atoms with Gasteiger partial charge in [0.05, 0.1) is 24.0 Å². The predicted octanol–water partition coefficient (Wildman–Crippen LogP) is 5.77. The van der Waals surface area contributed by atoms with Crippen LogP contribution in [-0.4, -0.2) is 24.2 Å². The zero-order chi connectivity index (χ0) is 20.2. The number of hydrogen-bond donors (Lipinski definition) is 2. The molecule has 3 rings (SSSR count). The lowest BCUT2D eigenvalue weighted by Gasteiger charge is -2.23. The van der Waals surface area contributed by atoms with E-state index in [-0.39, 0.29) is 5.75 Å². The zero-order valence-corrected chi connectivity index (χ0v) is 15.7. The van der Waals surface area contributed by atoms with Crippen LogP contribution in [0, 0.1) is 6.92 Å². The van der Waals surface area contributed by atoms with Gasteiger partial charge in [0.15, 0.2) is 0 Å². The molecule has 0 saturated heterocycles. The van der Waals surface area contributed by atoms with Crippen LogP contribution in [0.4, 0.5) is 24.5 Å². The summed E-state index contributed by atoms with van der Waals surface area (Å²) >= 11 is 0. The van der Waals surface area contributed by atoms with Gasteiger partial charge in [0.25, 0.3) is 0 Å². The molecule has 27 heavy (non-hydrogen) atoms. The van der Waals surface area contributed by atoms with Gasteiger partial charge in [-0.3, -0.25) is 4.99 Å². The normalized spacial score (nSPS) is 13.8. The second kappa shape index (κ2) is 8.43. The molecule has 1 aliphatic rings. The fourth-order valence-electron chi connectivity index (χ4n) is 3.00. The Balaban J connectivity index is 0.00000126. The van der Waals surface area contributed by atoms with E-state index in [4.69, 9.17) is 0 Å². The van der Waals surface area contributed by atoms with Gasteiger partial charge in [-0.05, 0) is 43.2 Å². The summed E-state index contributed by atoms with van der Waals surface area (Å²) in [5.41, 5.74) is 4.56. The van der Waals surface area contributed by atoms with E-state index >= 15 is 0 Å². The van der Waals surface area contributed by atoms with Crippen LogP contribution in [0.1, 0.15) is 38.0 Å². The summed E-state index contributed by atoms with van der Waals surface area (Å²) in [6.45, 7) is 8.09. The third kappa shape index (κ3) is 4.80. The van der Waals surface area contributed by atoms with Crippen LogP contribution in [0.5, 0.6) is 5.75 Å². The third-order valence-corrected chi connectivity index (χ3v) is 3.95. The van der Waals surface area contributed by atoms with E-state index in [1.807, 2.05) is 26.8 Å². The average Bonchev–Trinajstić information content (AvgIpc) is 2.61. The van der Waals surface area contributed by atoms with Crippen LogP contribution >= 0.6 is 0 Å². The number of nitrogens with zero attached hydrogens (tertiary/aromatic N) is 1. The van der Waals surface area contributed by atoms with E-state index in [0.717, 1.165) is 27.9 Å². The molecule has 0 aliphatic carbocycles. The van der Waals surface area contributed by atoms with Crippen LogP contribution < -0.4 is 10.1 Å². The quantitative estimate of drug-likeness (QED) is 0.711. The minimum Gasteiger partial charge on any atom is -0.406 e. The second-order valence-corrected chi connectivity index (χ2v) is 5.82. The molecule has 0 amide bonds. The summed E-state index contributed by atoms with van der Waals surface area (Å²) in [5.74, 6) is -0.270. The first-order valence-corrected chi connectivity index (χ1v) is 8.74. The molecular weight excluding hydrogens is 357 g/mol. The Kier molecular flexibility index (Phi) is 6.49. The number of benzene rings is 2. The smallest absolute Gasteiger partial charge is 0.406 e. The van der Waals surface area contributed by atoms with Gasteiger partial charge < -0.3 is 15.2 Å². The molecule has 0 saturated carbocycles. The highest BCUT2D eigenvalue weighted by atomic mass is 19.4. The third-order valence-electron chi connectivity index (χ3n) is 3.95. The summed E-state index contributed by atoms with van der Waals surface area (Å²) in [6, 6.07) is 7.59. The summed E-state index contributed by atoms with van der Waals surface area (Å²) in [4.78, 5) is 4.41.